The number of hydrogen-bond donors (Lipinski definition) is 2. The van der Waals surface area contributed by atoms with Crippen molar-refractivity contribution >= 4 is 39.3 Å². The first kappa shape index (κ1) is 19.1. The lowest BCUT2D eigenvalue weighted by molar-refractivity contribution is -0.140. The van der Waals surface area contributed by atoms with Crippen LogP contribution in [0.2, 0.25) is 0 Å². The fourth-order valence-electron chi connectivity index (χ4n) is 3.12. The quantitative estimate of drug-likeness (QED) is 0.715. The van der Waals surface area contributed by atoms with Crippen LogP contribution in [0.1, 0.15) is 24.1 Å². The van der Waals surface area contributed by atoms with Crippen molar-refractivity contribution < 1.29 is 14.4 Å². The predicted octanol–water partition coefficient (Wildman–Crippen LogP) is 2.33. The summed E-state index contributed by atoms with van der Waals surface area (Å²) in [7, 11) is 0. The lowest BCUT2D eigenvalue weighted by Crippen LogP contribution is -2.44. The second-order valence-electron chi connectivity index (χ2n) is 6.18. The van der Waals surface area contributed by atoms with Gasteiger partial charge in [0.2, 0.25) is 0 Å². The minimum Gasteiger partial charge on any atom is -0.348 e. The van der Waals surface area contributed by atoms with E-state index in [2.05, 4.69) is 26.6 Å². The number of carbonyl (C=O) groups excluding carboxylic acids is 3. The molecular formula is C20H20BrN3O3. The van der Waals surface area contributed by atoms with Gasteiger partial charge in [-0.1, -0.05) is 46.3 Å². The largest absolute Gasteiger partial charge is 0.348 e. The molecule has 27 heavy (non-hydrogen) atoms. The fourth-order valence-corrected chi connectivity index (χ4v) is 3.50. The lowest BCUT2D eigenvalue weighted by Gasteiger charge is -2.15. The van der Waals surface area contributed by atoms with Crippen molar-refractivity contribution in [3.05, 3.63) is 64.1 Å². The van der Waals surface area contributed by atoms with Crippen molar-refractivity contribution in [2.75, 3.05) is 18.0 Å². The monoisotopic (exact) mass is 429 g/mol. The van der Waals surface area contributed by atoms with Gasteiger partial charge < -0.3 is 15.5 Å². The molecule has 3 amide bonds. The van der Waals surface area contributed by atoms with Crippen LogP contribution in [0.4, 0.5) is 5.69 Å². The van der Waals surface area contributed by atoms with E-state index in [-0.39, 0.29) is 5.91 Å². The number of nitrogens with one attached hydrogen (secondary N) is 2. The maximum Gasteiger partial charge on any atom is 0.310 e. The SMILES string of the molecule is CCN1C(=O)[C@@H](NC(=O)C(=O)NCCc2ccccc2)c2cc(Br)ccc21. The molecule has 1 aliphatic rings. The summed E-state index contributed by atoms with van der Waals surface area (Å²) in [4.78, 5) is 38.6. The Labute approximate surface area is 166 Å². The molecule has 0 spiro atoms. The summed E-state index contributed by atoms with van der Waals surface area (Å²) >= 11 is 3.38. The fraction of sp³-hybridized carbons (Fsp3) is 0.250. The molecule has 0 aromatic heterocycles. The predicted molar refractivity (Wildman–Crippen MR) is 106 cm³/mol. The van der Waals surface area contributed by atoms with Gasteiger partial charge in [0.25, 0.3) is 5.91 Å². The number of benzene rings is 2. The van der Waals surface area contributed by atoms with E-state index in [4.69, 9.17) is 0 Å². The molecule has 0 radical (unpaired) electrons. The number of rotatable bonds is 5. The van der Waals surface area contributed by atoms with Gasteiger partial charge in [0.05, 0.1) is 0 Å². The smallest absolute Gasteiger partial charge is 0.310 e. The highest BCUT2D eigenvalue weighted by Gasteiger charge is 2.38. The number of halogens is 1. The molecule has 2 aromatic carbocycles. The topological polar surface area (TPSA) is 78.5 Å². The van der Waals surface area contributed by atoms with Gasteiger partial charge in [-0.2, -0.15) is 0 Å². The molecule has 0 fully saturated rings. The molecule has 0 saturated heterocycles. The Morgan fingerprint density at radius 2 is 1.85 bits per heavy atom. The molecule has 0 bridgehead atoms. The summed E-state index contributed by atoms with van der Waals surface area (Å²) in [6.45, 7) is 2.70. The summed E-state index contributed by atoms with van der Waals surface area (Å²) in [5.41, 5.74) is 2.50. The van der Waals surface area contributed by atoms with Crippen LogP contribution >= 0.6 is 15.9 Å². The summed E-state index contributed by atoms with van der Waals surface area (Å²) in [6, 6.07) is 14.3. The molecule has 2 N–H and O–H groups in total. The first-order chi connectivity index (χ1) is 13.0. The molecule has 6 nitrogen and oxygen atoms in total. The molecule has 0 saturated carbocycles. The maximum atomic E-state index is 12.6. The standard InChI is InChI=1S/C20H20BrN3O3/c1-2-24-16-9-8-14(21)12-15(16)17(20(24)27)23-19(26)18(25)22-11-10-13-6-4-3-5-7-13/h3-9,12,17H,2,10-11H2,1H3,(H,22,25)(H,23,26)/t17-/m0/s1. The number of nitrogens with zero attached hydrogens (tertiary/aromatic N) is 1. The first-order valence-corrected chi connectivity index (χ1v) is 9.54. The van der Waals surface area contributed by atoms with Crippen molar-refractivity contribution in [3.63, 3.8) is 0 Å². The van der Waals surface area contributed by atoms with E-state index < -0.39 is 17.9 Å². The normalized spacial score (nSPS) is 15.4. The average Bonchev–Trinajstić information content (AvgIpc) is 2.93. The summed E-state index contributed by atoms with van der Waals surface area (Å²) < 4.78 is 0.804. The average molecular weight is 430 g/mol. The van der Waals surface area contributed by atoms with Crippen LogP contribution in [-0.2, 0) is 20.8 Å². The second-order valence-corrected chi connectivity index (χ2v) is 7.10. The van der Waals surface area contributed by atoms with Gasteiger partial charge in [-0.3, -0.25) is 14.4 Å². The Morgan fingerprint density at radius 3 is 2.56 bits per heavy atom. The molecule has 2 aromatic rings. The molecule has 1 heterocycles. The van der Waals surface area contributed by atoms with Gasteiger partial charge in [0.1, 0.15) is 6.04 Å². The van der Waals surface area contributed by atoms with Crippen LogP contribution in [0.3, 0.4) is 0 Å². The van der Waals surface area contributed by atoms with Gasteiger partial charge in [-0.05, 0) is 37.1 Å². The third kappa shape index (κ3) is 4.19. The van der Waals surface area contributed by atoms with E-state index >= 15 is 0 Å². The van der Waals surface area contributed by atoms with Gasteiger partial charge in [-0.25, -0.2) is 0 Å². The lowest BCUT2D eigenvalue weighted by atomic mass is 10.1. The van der Waals surface area contributed by atoms with Gasteiger partial charge in [0.15, 0.2) is 0 Å². The number of carbonyl (C=O) groups is 3. The minimum atomic E-state index is -0.857. The molecule has 140 valence electrons. The Balaban J connectivity index is 1.62. The Hall–Kier alpha value is -2.67. The van der Waals surface area contributed by atoms with E-state index in [9.17, 15) is 14.4 Å². The van der Waals surface area contributed by atoms with Gasteiger partial charge in [0, 0.05) is 28.8 Å². The summed E-state index contributed by atoms with van der Waals surface area (Å²) in [5, 5.41) is 5.16. The number of anilines is 1. The van der Waals surface area contributed by atoms with E-state index in [1.54, 1.807) is 11.0 Å². The van der Waals surface area contributed by atoms with E-state index in [1.165, 1.54) is 0 Å². The summed E-state index contributed by atoms with van der Waals surface area (Å²) in [6.07, 6.45) is 0.627. The Morgan fingerprint density at radius 1 is 1.11 bits per heavy atom. The van der Waals surface area contributed by atoms with Gasteiger partial charge >= 0.3 is 11.8 Å². The van der Waals surface area contributed by atoms with Crippen molar-refractivity contribution in [2.45, 2.75) is 19.4 Å². The number of hydrogen-bond acceptors (Lipinski definition) is 3. The highest BCUT2D eigenvalue weighted by atomic mass is 79.9. The molecule has 1 aliphatic heterocycles. The maximum absolute atomic E-state index is 12.6. The van der Waals surface area contributed by atoms with Crippen LogP contribution < -0.4 is 15.5 Å². The van der Waals surface area contributed by atoms with E-state index in [0.29, 0.717) is 25.1 Å². The number of amides is 3. The zero-order valence-electron chi connectivity index (χ0n) is 14.9. The molecule has 0 aliphatic carbocycles. The third-order valence-electron chi connectivity index (χ3n) is 4.44. The zero-order chi connectivity index (χ0) is 19.4. The van der Waals surface area contributed by atoms with Crippen LogP contribution in [0.15, 0.2) is 53.0 Å². The van der Waals surface area contributed by atoms with Crippen LogP contribution in [0, 0.1) is 0 Å². The second kappa shape index (κ2) is 8.35. The third-order valence-corrected chi connectivity index (χ3v) is 4.94. The van der Waals surface area contributed by atoms with E-state index in [1.807, 2.05) is 49.4 Å². The molecule has 1 atom stereocenters. The van der Waals surface area contributed by atoms with Crippen molar-refractivity contribution in [2.24, 2.45) is 0 Å². The summed E-state index contributed by atoms with van der Waals surface area (Å²) in [5.74, 6) is -1.80. The minimum absolute atomic E-state index is 0.240. The van der Waals surface area contributed by atoms with Crippen LogP contribution in [0.5, 0.6) is 0 Å². The van der Waals surface area contributed by atoms with E-state index in [0.717, 1.165) is 15.7 Å². The Kier molecular flexibility index (Phi) is 5.91. The molecule has 0 unspecified atom stereocenters. The molecule has 7 heteroatoms. The highest BCUT2D eigenvalue weighted by Crippen LogP contribution is 2.37. The molecular weight excluding hydrogens is 410 g/mol. The van der Waals surface area contributed by atoms with Crippen LogP contribution in [0.25, 0.3) is 0 Å². The zero-order valence-corrected chi connectivity index (χ0v) is 16.5. The van der Waals surface area contributed by atoms with Crippen molar-refractivity contribution in [1.29, 1.82) is 0 Å². The first-order valence-electron chi connectivity index (χ1n) is 8.74. The number of fused-ring (bicyclic) bond motifs is 1. The van der Waals surface area contributed by atoms with Crippen LogP contribution in [-0.4, -0.2) is 30.8 Å². The Bertz CT molecular complexity index is 870. The van der Waals surface area contributed by atoms with Gasteiger partial charge in [-0.15, -0.1) is 0 Å². The van der Waals surface area contributed by atoms with Crippen molar-refractivity contribution in [3.8, 4) is 0 Å². The number of likely N-dealkylation sites (N-methyl/N-ethyl adjacent to an activating group) is 1. The highest BCUT2D eigenvalue weighted by molar-refractivity contribution is 9.10. The molecule has 3 rings (SSSR count). The van der Waals surface area contributed by atoms with Crippen molar-refractivity contribution in [1.82, 2.24) is 10.6 Å².